The SMILES string of the molecule is O=C(CN1CCN(c2nc3ccccc3s2)CC1)N1CCc2ccccc21. The summed E-state index contributed by atoms with van der Waals surface area (Å²) in [6.07, 6.45) is 0.966. The van der Waals surface area contributed by atoms with E-state index in [9.17, 15) is 4.79 Å². The van der Waals surface area contributed by atoms with Crippen LogP contribution in [0.15, 0.2) is 48.5 Å². The normalized spacial score (nSPS) is 17.5. The molecule has 0 unspecified atom stereocenters. The van der Waals surface area contributed by atoms with Gasteiger partial charge in [0.25, 0.3) is 0 Å². The summed E-state index contributed by atoms with van der Waals surface area (Å²) in [5.74, 6) is 0.216. The van der Waals surface area contributed by atoms with Crippen LogP contribution in [0.3, 0.4) is 0 Å². The number of rotatable bonds is 3. The summed E-state index contributed by atoms with van der Waals surface area (Å²) >= 11 is 1.75. The number of carbonyl (C=O) groups excluding carboxylic acids is 1. The Morgan fingerprint density at radius 3 is 2.59 bits per heavy atom. The zero-order valence-corrected chi connectivity index (χ0v) is 16.0. The summed E-state index contributed by atoms with van der Waals surface area (Å²) in [7, 11) is 0. The van der Waals surface area contributed by atoms with Gasteiger partial charge in [0.2, 0.25) is 5.91 Å². The quantitative estimate of drug-likeness (QED) is 0.702. The summed E-state index contributed by atoms with van der Waals surface area (Å²) in [5, 5.41) is 1.09. The maximum Gasteiger partial charge on any atom is 0.241 e. The van der Waals surface area contributed by atoms with E-state index >= 15 is 0 Å². The Morgan fingerprint density at radius 2 is 1.74 bits per heavy atom. The van der Waals surface area contributed by atoms with Gasteiger partial charge in [0.05, 0.1) is 16.8 Å². The van der Waals surface area contributed by atoms with E-state index in [4.69, 9.17) is 4.98 Å². The molecule has 1 aromatic heterocycles. The molecule has 1 fully saturated rings. The third kappa shape index (κ3) is 3.19. The van der Waals surface area contributed by atoms with Crippen molar-refractivity contribution in [1.82, 2.24) is 9.88 Å². The average molecular weight is 379 g/mol. The van der Waals surface area contributed by atoms with Crippen molar-refractivity contribution in [3.63, 3.8) is 0 Å². The standard InChI is InChI=1S/C21H22N4OS/c26-20(25-10-9-16-5-1-3-7-18(16)25)15-23-11-13-24(14-12-23)21-22-17-6-2-4-8-19(17)27-21/h1-8H,9-15H2. The first-order chi connectivity index (χ1) is 13.3. The molecule has 6 heteroatoms. The number of anilines is 2. The number of hydrogen-bond acceptors (Lipinski definition) is 5. The minimum absolute atomic E-state index is 0.216. The molecule has 0 N–H and O–H groups in total. The monoisotopic (exact) mass is 378 g/mol. The molecular formula is C21H22N4OS. The number of carbonyl (C=O) groups is 1. The van der Waals surface area contributed by atoms with E-state index in [2.05, 4.69) is 40.1 Å². The van der Waals surface area contributed by atoms with Crippen LogP contribution in [0.5, 0.6) is 0 Å². The zero-order valence-electron chi connectivity index (χ0n) is 15.2. The van der Waals surface area contributed by atoms with Gasteiger partial charge >= 0.3 is 0 Å². The number of benzene rings is 2. The van der Waals surface area contributed by atoms with E-state index < -0.39 is 0 Å². The minimum atomic E-state index is 0.216. The van der Waals surface area contributed by atoms with Crippen LogP contribution < -0.4 is 9.80 Å². The summed E-state index contributed by atoms with van der Waals surface area (Å²) in [6, 6.07) is 16.5. The number of fused-ring (bicyclic) bond motifs is 2. The van der Waals surface area contributed by atoms with Crippen LogP contribution in [0.2, 0.25) is 0 Å². The molecule has 5 rings (SSSR count). The van der Waals surface area contributed by atoms with Gasteiger partial charge in [-0.25, -0.2) is 4.98 Å². The first kappa shape index (κ1) is 16.7. The number of nitrogens with zero attached hydrogens (tertiary/aromatic N) is 4. The van der Waals surface area contributed by atoms with Crippen LogP contribution in [0, 0.1) is 0 Å². The fourth-order valence-electron chi connectivity index (χ4n) is 3.97. The highest BCUT2D eigenvalue weighted by Crippen LogP contribution is 2.30. The van der Waals surface area contributed by atoms with Crippen molar-refractivity contribution in [1.29, 1.82) is 0 Å². The number of aromatic nitrogens is 1. The summed E-state index contributed by atoms with van der Waals surface area (Å²) < 4.78 is 1.23. The molecule has 27 heavy (non-hydrogen) atoms. The summed E-state index contributed by atoms with van der Waals surface area (Å²) in [4.78, 5) is 24.1. The van der Waals surface area contributed by atoms with Gasteiger partial charge in [0.15, 0.2) is 5.13 Å². The highest BCUT2D eigenvalue weighted by molar-refractivity contribution is 7.22. The van der Waals surface area contributed by atoms with E-state index in [0.29, 0.717) is 6.54 Å². The van der Waals surface area contributed by atoms with Crippen LogP contribution in [-0.4, -0.2) is 55.1 Å². The Balaban J connectivity index is 1.20. The lowest BCUT2D eigenvalue weighted by molar-refractivity contribution is -0.119. The van der Waals surface area contributed by atoms with Gasteiger partial charge in [-0.3, -0.25) is 9.69 Å². The maximum atomic E-state index is 12.8. The maximum absolute atomic E-state index is 12.8. The molecule has 0 atom stereocenters. The molecule has 2 aromatic carbocycles. The number of thiazole rings is 1. The second-order valence-corrected chi connectivity index (χ2v) is 8.16. The molecule has 3 heterocycles. The first-order valence-corrected chi connectivity index (χ1v) is 10.3. The summed E-state index contributed by atoms with van der Waals surface area (Å²) in [6.45, 7) is 4.95. The van der Waals surface area contributed by atoms with E-state index in [1.807, 2.05) is 23.1 Å². The number of hydrogen-bond donors (Lipinski definition) is 0. The van der Waals surface area contributed by atoms with E-state index in [1.165, 1.54) is 10.3 Å². The Hall–Kier alpha value is -2.44. The molecule has 5 nitrogen and oxygen atoms in total. The molecule has 0 bridgehead atoms. The van der Waals surface area contributed by atoms with Gasteiger partial charge in [-0.2, -0.15) is 0 Å². The lowest BCUT2D eigenvalue weighted by Gasteiger charge is -2.34. The van der Waals surface area contributed by atoms with Gasteiger partial charge in [-0.1, -0.05) is 41.7 Å². The molecule has 138 valence electrons. The van der Waals surface area contributed by atoms with Crippen molar-refractivity contribution < 1.29 is 4.79 Å². The largest absolute Gasteiger partial charge is 0.345 e. The van der Waals surface area contributed by atoms with Gasteiger partial charge in [0.1, 0.15) is 0 Å². The van der Waals surface area contributed by atoms with Gasteiger partial charge in [-0.05, 0) is 30.2 Å². The number of para-hydroxylation sites is 2. The number of amides is 1. The molecule has 0 saturated carbocycles. The molecule has 0 spiro atoms. The van der Waals surface area contributed by atoms with Crippen LogP contribution in [0.1, 0.15) is 5.56 Å². The number of piperazine rings is 1. The Labute approximate surface area is 162 Å². The Morgan fingerprint density at radius 1 is 0.963 bits per heavy atom. The van der Waals surface area contributed by atoms with Crippen molar-refractivity contribution in [2.24, 2.45) is 0 Å². The third-order valence-electron chi connectivity index (χ3n) is 5.47. The average Bonchev–Trinajstić information content (AvgIpc) is 3.33. The third-order valence-corrected chi connectivity index (χ3v) is 6.57. The van der Waals surface area contributed by atoms with E-state index in [1.54, 1.807) is 11.3 Å². The molecule has 0 aliphatic carbocycles. The van der Waals surface area contributed by atoms with E-state index in [0.717, 1.165) is 55.5 Å². The van der Waals surface area contributed by atoms with Crippen molar-refractivity contribution in [2.45, 2.75) is 6.42 Å². The Bertz CT molecular complexity index is 944. The Kier molecular flexibility index (Phi) is 4.30. The molecule has 3 aromatic rings. The lowest BCUT2D eigenvalue weighted by Crippen LogP contribution is -2.50. The first-order valence-electron chi connectivity index (χ1n) is 9.49. The summed E-state index contributed by atoms with van der Waals surface area (Å²) in [5.41, 5.74) is 3.45. The predicted octanol–water partition coefficient (Wildman–Crippen LogP) is 3.01. The molecular weight excluding hydrogens is 356 g/mol. The smallest absolute Gasteiger partial charge is 0.241 e. The minimum Gasteiger partial charge on any atom is -0.345 e. The van der Waals surface area contributed by atoms with Crippen molar-refractivity contribution in [3.8, 4) is 0 Å². The molecule has 0 radical (unpaired) electrons. The second-order valence-electron chi connectivity index (χ2n) is 7.15. The van der Waals surface area contributed by atoms with Crippen LogP contribution in [0.25, 0.3) is 10.2 Å². The van der Waals surface area contributed by atoms with Crippen molar-refractivity contribution in [2.75, 3.05) is 49.1 Å². The van der Waals surface area contributed by atoms with E-state index in [-0.39, 0.29) is 5.91 Å². The van der Waals surface area contributed by atoms with Crippen molar-refractivity contribution >= 4 is 38.3 Å². The molecule has 2 aliphatic heterocycles. The molecule has 2 aliphatic rings. The highest BCUT2D eigenvalue weighted by Gasteiger charge is 2.27. The topological polar surface area (TPSA) is 39.7 Å². The fourth-order valence-corrected chi connectivity index (χ4v) is 4.98. The van der Waals surface area contributed by atoms with Gasteiger partial charge in [-0.15, -0.1) is 0 Å². The van der Waals surface area contributed by atoms with Crippen molar-refractivity contribution in [3.05, 3.63) is 54.1 Å². The van der Waals surface area contributed by atoms with Crippen LogP contribution in [0.4, 0.5) is 10.8 Å². The second kappa shape index (κ2) is 6.94. The van der Waals surface area contributed by atoms with Crippen LogP contribution >= 0.6 is 11.3 Å². The zero-order chi connectivity index (χ0) is 18.2. The fraction of sp³-hybridized carbons (Fsp3) is 0.333. The van der Waals surface area contributed by atoms with Gasteiger partial charge < -0.3 is 9.80 Å². The molecule has 1 saturated heterocycles. The predicted molar refractivity (Wildman–Crippen MR) is 111 cm³/mol. The highest BCUT2D eigenvalue weighted by atomic mass is 32.1. The molecule has 1 amide bonds. The van der Waals surface area contributed by atoms with Gasteiger partial charge in [0, 0.05) is 38.4 Å². The lowest BCUT2D eigenvalue weighted by atomic mass is 10.2. The van der Waals surface area contributed by atoms with Crippen LogP contribution in [-0.2, 0) is 11.2 Å².